The molecule has 3 aromatic rings. The second kappa shape index (κ2) is 10.8. The summed E-state index contributed by atoms with van der Waals surface area (Å²) >= 11 is 0. The first kappa shape index (κ1) is 26.5. The van der Waals surface area contributed by atoms with Crippen molar-refractivity contribution in [2.45, 2.75) is 52.1 Å². The van der Waals surface area contributed by atoms with Gasteiger partial charge in [-0.25, -0.2) is 39.4 Å². The predicted molar refractivity (Wildman–Crippen MR) is 136 cm³/mol. The Morgan fingerprint density at radius 3 is 0.861 bits per heavy atom. The standard InChI is InChI=1S/C24H27N3O6S3/c28-34(29,22-10-4-1-5-11-22)25-19-16-20(26-35(30,31)23-12-6-2-7-13-23)18-21(17-19)27-36(32,33)24-14-8-3-9-15-24/h1-15,19-21,25-27H,16-18H2. The van der Waals surface area contributed by atoms with Crippen LogP contribution in [0, 0.1) is 0 Å². The van der Waals surface area contributed by atoms with E-state index in [1.54, 1.807) is 54.6 Å². The van der Waals surface area contributed by atoms with Crippen molar-refractivity contribution in [1.29, 1.82) is 0 Å². The maximum atomic E-state index is 12.9. The number of benzene rings is 3. The summed E-state index contributed by atoms with van der Waals surface area (Å²) < 4.78 is 85.5. The summed E-state index contributed by atoms with van der Waals surface area (Å²) in [5.74, 6) is 0. The van der Waals surface area contributed by atoms with E-state index in [0.29, 0.717) is 0 Å². The maximum Gasteiger partial charge on any atom is 0.240 e. The predicted octanol–water partition coefficient (Wildman–Crippen LogP) is 2.21. The summed E-state index contributed by atoms with van der Waals surface area (Å²) in [6, 6.07) is 21.3. The molecule has 0 bridgehead atoms. The average Bonchev–Trinajstić information content (AvgIpc) is 2.85. The summed E-state index contributed by atoms with van der Waals surface area (Å²) in [7, 11) is -11.7. The minimum Gasteiger partial charge on any atom is -0.208 e. The second-order valence-electron chi connectivity index (χ2n) is 8.60. The van der Waals surface area contributed by atoms with Gasteiger partial charge in [0, 0.05) is 18.1 Å². The molecule has 36 heavy (non-hydrogen) atoms. The van der Waals surface area contributed by atoms with Crippen molar-refractivity contribution in [1.82, 2.24) is 14.2 Å². The molecular weight excluding hydrogens is 522 g/mol. The Hall–Kier alpha value is -2.61. The van der Waals surface area contributed by atoms with Crippen molar-refractivity contribution in [3.8, 4) is 0 Å². The second-order valence-corrected chi connectivity index (χ2v) is 13.7. The lowest BCUT2D eigenvalue weighted by atomic mass is 9.89. The van der Waals surface area contributed by atoms with E-state index < -0.39 is 48.2 Å². The van der Waals surface area contributed by atoms with E-state index in [0.717, 1.165) is 0 Å². The fourth-order valence-corrected chi connectivity index (χ4v) is 8.12. The number of hydrogen-bond donors (Lipinski definition) is 3. The summed E-state index contributed by atoms with van der Waals surface area (Å²) in [5, 5.41) is 0. The van der Waals surface area contributed by atoms with Crippen LogP contribution in [-0.2, 0) is 30.1 Å². The molecule has 192 valence electrons. The lowest BCUT2D eigenvalue weighted by Gasteiger charge is -2.35. The Morgan fingerprint density at radius 1 is 0.417 bits per heavy atom. The third-order valence-electron chi connectivity index (χ3n) is 5.83. The highest BCUT2D eigenvalue weighted by atomic mass is 32.2. The normalized spacial score (nSPS) is 21.2. The smallest absolute Gasteiger partial charge is 0.208 e. The molecule has 1 saturated carbocycles. The van der Waals surface area contributed by atoms with Crippen LogP contribution in [-0.4, -0.2) is 43.4 Å². The van der Waals surface area contributed by atoms with E-state index in [9.17, 15) is 25.3 Å². The zero-order valence-electron chi connectivity index (χ0n) is 19.2. The van der Waals surface area contributed by atoms with Crippen molar-refractivity contribution >= 4 is 30.1 Å². The van der Waals surface area contributed by atoms with Gasteiger partial charge in [0.15, 0.2) is 0 Å². The summed E-state index contributed by atoms with van der Waals surface area (Å²) in [6.07, 6.45) is 0.463. The van der Waals surface area contributed by atoms with Crippen molar-refractivity contribution in [3.63, 3.8) is 0 Å². The maximum absolute atomic E-state index is 12.9. The first-order valence-corrected chi connectivity index (χ1v) is 15.7. The van der Waals surface area contributed by atoms with E-state index >= 15 is 0 Å². The van der Waals surface area contributed by atoms with Gasteiger partial charge < -0.3 is 0 Å². The molecule has 0 heterocycles. The van der Waals surface area contributed by atoms with E-state index in [-0.39, 0.29) is 33.9 Å². The summed E-state index contributed by atoms with van der Waals surface area (Å²) in [4.78, 5) is 0.204. The SMILES string of the molecule is O=S(=O)(NC1CC(NS(=O)(=O)c2ccccc2)CC(NS(=O)(=O)c2ccccc2)C1)c1ccccc1. The van der Waals surface area contributed by atoms with Crippen molar-refractivity contribution < 1.29 is 25.3 Å². The van der Waals surface area contributed by atoms with Gasteiger partial charge in [0.1, 0.15) is 0 Å². The molecule has 0 radical (unpaired) electrons. The van der Waals surface area contributed by atoms with E-state index in [1.165, 1.54) is 36.4 Å². The molecule has 4 rings (SSSR count). The molecule has 0 aliphatic heterocycles. The minimum atomic E-state index is -3.90. The molecule has 0 amide bonds. The van der Waals surface area contributed by atoms with Crippen LogP contribution < -0.4 is 14.2 Å². The summed E-state index contributed by atoms with van der Waals surface area (Å²) in [5.41, 5.74) is 0. The van der Waals surface area contributed by atoms with Gasteiger partial charge >= 0.3 is 0 Å². The Morgan fingerprint density at radius 2 is 0.639 bits per heavy atom. The van der Waals surface area contributed by atoms with Gasteiger partial charge in [-0.3, -0.25) is 0 Å². The lowest BCUT2D eigenvalue weighted by Crippen LogP contribution is -2.53. The van der Waals surface area contributed by atoms with Gasteiger partial charge in [0.05, 0.1) is 14.7 Å². The average molecular weight is 550 g/mol. The molecule has 0 atom stereocenters. The van der Waals surface area contributed by atoms with Crippen LogP contribution >= 0.6 is 0 Å². The van der Waals surface area contributed by atoms with Gasteiger partial charge in [-0.1, -0.05) is 54.6 Å². The highest BCUT2D eigenvalue weighted by molar-refractivity contribution is 7.90. The van der Waals surface area contributed by atoms with Crippen LogP contribution in [0.3, 0.4) is 0 Å². The van der Waals surface area contributed by atoms with Gasteiger partial charge in [-0.15, -0.1) is 0 Å². The van der Waals surface area contributed by atoms with E-state index in [1.807, 2.05) is 0 Å². The van der Waals surface area contributed by atoms with Gasteiger partial charge in [-0.05, 0) is 55.7 Å². The molecule has 0 aromatic heterocycles. The molecule has 1 fully saturated rings. The fraction of sp³-hybridized carbons (Fsp3) is 0.250. The molecule has 0 spiro atoms. The van der Waals surface area contributed by atoms with Crippen molar-refractivity contribution in [2.75, 3.05) is 0 Å². The van der Waals surface area contributed by atoms with E-state index in [4.69, 9.17) is 0 Å². The number of nitrogens with one attached hydrogen (secondary N) is 3. The summed E-state index contributed by atoms with van der Waals surface area (Å²) in [6.45, 7) is 0. The molecule has 12 heteroatoms. The fourth-order valence-electron chi connectivity index (χ4n) is 4.27. The van der Waals surface area contributed by atoms with Crippen LogP contribution in [0.5, 0.6) is 0 Å². The monoisotopic (exact) mass is 549 g/mol. The highest BCUT2D eigenvalue weighted by Gasteiger charge is 2.36. The topological polar surface area (TPSA) is 139 Å². The first-order valence-electron chi connectivity index (χ1n) is 11.3. The van der Waals surface area contributed by atoms with Crippen LogP contribution in [0.2, 0.25) is 0 Å². The Balaban J connectivity index is 1.58. The zero-order valence-corrected chi connectivity index (χ0v) is 21.6. The first-order chi connectivity index (χ1) is 17.1. The van der Waals surface area contributed by atoms with Gasteiger partial charge in [-0.2, -0.15) is 0 Å². The lowest BCUT2D eigenvalue weighted by molar-refractivity contribution is 0.306. The van der Waals surface area contributed by atoms with Crippen molar-refractivity contribution in [3.05, 3.63) is 91.0 Å². The largest absolute Gasteiger partial charge is 0.240 e. The van der Waals surface area contributed by atoms with Crippen LogP contribution in [0.1, 0.15) is 19.3 Å². The molecule has 0 unspecified atom stereocenters. The van der Waals surface area contributed by atoms with Crippen molar-refractivity contribution in [2.24, 2.45) is 0 Å². The molecule has 0 saturated heterocycles. The number of hydrogen-bond acceptors (Lipinski definition) is 6. The molecular formula is C24H27N3O6S3. The Labute approximate surface area is 212 Å². The Bertz CT molecular complexity index is 1290. The van der Waals surface area contributed by atoms with Crippen LogP contribution in [0.4, 0.5) is 0 Å². The quantitative estimate of drug-likeness (QED) is 0.374. The third kappa shape index (κ3) is 6.58. The zero-order chi connectivity index (χ0) is 25.8. The molecule has 9 nitrogen and oxygen atoms in total. The van der Waals surface area contributed by atoms with Gasteiger partial charge in [0.2, 0.25) is 30.1 Å². The molecule has 3 N–H and O–H groups in total. The molecule has 3 aromatic carbocycles. The Kier molecular flexibility index (Phi) is 7.93. The van der Waals surface area contributed by atoms with Crippen LogP contribution in [0.25, 0.3) is 0 Å². The third-order valence-corrected chi connectivity index (χ3v) is 10.4. The van der Waals surface area contributed by atoms with E-state index in [2.05, 4.69) is 14.2 Å². The molecule has 1 aliphatic rings. The number of rotatable bonds is 9. The highest BCUT2D eigenvalue weighted by Crippen LogP contribution is 2.25. The minimum absolute atomic E-state index is 0.0680. The number of sulfonamides is 3. The van der Waals surface area contributed by atoms with Crippen LogP contribution in [0.15, 0.2) is 106 Å². The van der Waals surface area contributed by atoms with Gasteiger partial charge in [0.25, 0.3) is 0 Å². The molecule has 1 aliphatic carbocycles.